The van der Waals surface area contributed by atoms with Gasteiger partial charge in [-0.05, 0) is 37.9 Å². The number of rotatable bonds is 4. The smallest absolute Gasteiger partial charge is 0.304 e. The van der Waals surface area contributed by atoms with Gasteiger partial charge in [0.25, 0.3) is 0 Å². The van der Waals surface area contributed by atoms with Crippen molar-refractivity contribution in [3.63, 3.8) is 0 Å². The highest BCUT2D eigenvalue weighted by Crippen LogP contribution is 2.44. The van der Waals surface area contributed by atoms with E-state index in [1.807, 2.05) is 0 Å². The highest BCUT2D eigenvalue weighted by molar-refractivity contribution is 7.46. The van der Waals surface area contributed by atoms with Crippen LogP contribution in [0.5, 0.6) is 0 Å². The van der Waals surface area contributed by atoms with E-state index in [0.29, 0.717) is 23.4 Å². The number of carbonyl (C=O) groups excluding carboxylic acids is 1. The molecule has 1 aromatic carbocycles. The number of hydrogen-bond acceptors (Lipinski definition) is 4. The van der Waals surface area contributed by atoms with Crippen LogP contribution in [-0.2, 0) is 19.4 Å². The van der Waals surface area contributed by atoms with Gasteiger partial charge in [0, 0.05) is 5.02 Å². The minimum atomic E-state index is -4.72. The van der Waals surface area contributed by atoms with Crippen molar-refractivity contribution in [2.45, 2.75) is 30.9 Å². The lowest BCUT2D eigenvalue weighted by Crippen LogP contribution is -2.54. The Bertz CT molecular complexity index is 590. The monoisotopic (exact) mass is 333 g/mol. The van der Waals surface area contributed by atoms with Crippen LogP contribution in [0.25, 0.3) is 0 Å². The average Bonchev–Trinajstić information content (AvgIpc) is 2.41. The van der Waals surface area contributed by atoms with Crippen molar-refractivity contribution in [2.24, 2.45) is 0 Å². The summed E-state index contributed by atoms with van der Waals surface area (Å²) < 4.78 is 15.7. The molecule has 0 radical (unpaired) electrons. The van der Waals surface area contributed by atoms with Crippen molar-refractivity contribution in [3.8, 4) is 0 Å². The molecule has 1 fully saturated rings. The van der Waals surface area contributed by atoms with E-state index in [4.69, 9.17) is 21.4 Å². The van der Waals surface area contributed by atoms with E-state index in [1.54, 1.807) is 31.3 Å². The highest BCUT2D eigenvalue weighted by Gasteiger charge is 2.48. The first-order valence-electron chi connectivity index (χ1n) is 6.52. The molecule has 2 atom stereocenters. The average molecular weight is 334 g/mol. The van der Waals surface area contributed by atoms with Crippen LogP contribution in [0.3, 0.4) is 0 Å². The van der Waals surface area contributed by atoms with Crippen molar-refractivity contribution < 1.29 is 23.7 Å². The SMILES string of the molecule is CN[C@]1(c2ccccc2Cl)CCC[C@@H](OP(=O)(O)O)C1=O. The zero-order valence-electron chi connectivity index (χ0n) is 11.5. The Labute approximate surface area is 127 Å². The molecular formula is C13H17ClNO5P. The third kappa shape index (κ3) is 3.37. The summed E-state index contributed by atoms with van der Waals surface area (Å²) in [4.78, 5) is 30.6. The molecule has 0 aliphatic heterocycles. The fourth-order valence-electron chi connectivity index (χ4n) is 2.81. The first-order chi connectivity index (χ1) is 9.80. The molecule has 0 saturated heterocycles. The first-order valence-corrected chi connectivity index (χ1v) is 8.43. The molecule has 2 rings (SSSR count). The van der Waals surface area contributed by atoms with Crippen molar-refractivity contribution in [3.05, 3.63) is 34.9 Å². The van der Waals surface area contributed by atoms with Gasteiger partial charge in [0.15, 0.2) is 5.78 Å². The summed E-state index contributed by atoms with van der Waals surface area (Å²) in [5.74, 6) is -0.410. The third-order valence-electron chi connectivity index (χ3n) is 3.76. The van der Waals surface area contributed by atoms with Crippen molar-refractivity contribution in [1.82, 2.24) is 5.32 Å². The fraction of sp³-hybridized carbons (Fsp3) is 0.462. The fourth-order valence-corrected chi connectivity index (χ4v) is 3.64. The summed E-state index contributed by atoms with van der Waals surface area (Å²) >= 11 is 6.19. The second-order valence-electron chi connectivity index (χ2n) is 4.98. The number of ketones is 1. The van der Waals surface area contributed by atoms with E-state index in [0.717, 1.165) is 0 Å². The molecule has 1 saturated carbocycles. The van der Waals surface area contributed by atoms with Gasteiger partial charge in [-0.2, -0.15) is 0 Å². The maximum Gasteiger partial charge on any atom is 0.470 e. The van der Waals surface area contributed by atoms with Crippen molar-refractivity contribution in [2.75, 3.05) is 7.05 Å². The van der Waals surface area contributed by atoms with E-state index < -0.39 is 25.2 Å². The minimum Gasteiger partial charge on any atom is -0.304 e. The molecule has 0 heterocycles. The van der Waals surface area contributed by atoms with E-state index in [9.17, 15) is 9.36 Å². The number of halogens is 1. The number of hydrogen-bond donors (Lipinski definition) is 3. The predicted molar refractivity (Wildman–Crippen MR) is 78.0 cm³/mol. The van der Waals surface area contributed by atoms with Gasteiger partial charge in [-0.25, -0.2) is 4.57 Å². The number of nitrogens with one attached hydrogen (secondary N) is 1. The standard InChI is InChI=1S/C13H17ClNO5P/c1-15-13(9-5-2-3-6-10(9)14)8-4-7-11(12(13)16)20-21(17,18)19/h2-3,5-6,11,15H,4,7-8H2,1H3,(H2,17,18,19)/t11-,13+/m1/s1. The number of Topliss-reactive ketones (excluding diaryl/α,β-unsaturated/α-hetero) is 1. The number of likely N-dealkylation sites (N-methyl/N-ethyl adjacent to an activating group) is 1. The van der Waals surface area contributed by atoms with Crippen LogP contribution in [0.15, 0.2) is 24.3 Å². The van der Waals surface area contributed by atoms with E-state index in [-0.39, 0.29) is 6.42 Å². The van der Waals surface area contributed by atoms with Gasteiger partial charge >= 0.3 is 7.82 Å². The number of phosphoric ester groups is 1. The second kappa shape index (κ2) is 6.16. The Morgan fingerprint density at radius 3 is 2.67 bits per heavy atom. The molecule has 116 valence electrons. The van der Waals surface area contributed by atoms with Crippen LogP contribution in [0.2, 0.25) is 5.02 Å². The second-order valence-corrected chi connectivity index (χ2v) is 6.58. The van der Waals surface area contributed by atoms with Gasteiger partial charge in [-0.3, -0.25) is 9.32 Å². The van der Waals surface area contributed by atoms with Crippen molar-refractivity contribution in [1.29, 1.82) is 0 Å². The lowest BCUT2D eigenvalue weighted by Gasteiger charge is -2.39. The van der Waals surface area contributed by atoms with E-state index in [2.05, 4.69) is 9.84 Å². The molecule has 8 heteroatoms. The molecule has 1 aromatic rings. The summed E-state index contributed by atoms with van der Waals surface area (Å²) in [7, 11) is -3.10. The zero-order chi connectivity index (χ0) is 15.7. The summed E-state index contributed by atoms with van der Waals surface area (Å²) in [6.07, 6.45) is 0.205. The molecule has 0 aromatic heterocycles. The lowest BCUT2D eigenvalue weighted by molar-refractivity contribution is -0.137. The van der Waals surface area contributed by atoms with E-state index >= 15 is 0 Å². The van der Waals surface area contributed by atoms with Gasteiger partial charge in [-0.1, -0.05) is 29.8 Å². The largest absolute Gasteiger partial charge is 0.470 e. The Kier molecular flexibility index (Phi) is 4.88. The Hall–Kier alpha value is -0.750. The molecular weight excluding hydrogens is 317 g/mol. The topological polar surface area (TPSA) is 95.9 Å². The Morgan fingerprint density at radius 2 is 2.10 bits per heavy atom. The molecule has 6 nitrogen and oxygen atoms in total. The number of carbonyl (C=O) groups is 1. The number of benzene rings is 1. The van der Waals surface area contributed by atoms with Crippen molar-refractivity contribution >= 4 is 25.2 Å². The molecule has 0 spiro atoms. The van der Waals surface area contributed by atoms with Crippen LogP contribution in [0.1, 0.15) is 24.8 Å². The minimum absolute atomic E-state index is 0.276. The molecule has 21 heavy (non-hydrogen) atoms. The maximum absolute atomic E-state index is 12.7. The molecule has 1 aliphatic rings. The Balaban J connectivity index is 2.41. The summed E-state index contributed by atoms with van der Waals surface area (Å²) in [6.45, 7) is 0. The van der Waals surface area contributed by atoms with Crippen LogP contribution in [0.4, 0.5) is 0 Å². The highest BCUT2D eigenvalue weighted by atomic mass is 35.5. The van der Waals surface area contributed by atoms with Crippen LogP contribution in [-0.4, -0.2) is 28.7 Å². The van der Waals surface area contributed by atoms with Crippen LogP contribution in [0, 0.1) is 0 Å². The zero-order valence-corrected chi connectivity index (χ0v) is 13.1. The molecule has 1 aliphatic carbocycles. The Morgan fingerprint density at radius 1 is 1.43 bits per heavy atom. The van der Waals surface area contributed by atoms with Gasteiger partial charge in [0.2, 0.25) is 0 Å². The third-order valence-corrected chi connectivity index (χ3v) is 4.61. The summed E-state index contributed by atoms with van der Waals surface area (Å²) in [5, 5.41) is 3.40. The van der Waals surface area contributed by atoms with Gasteiger partial charge in [0.05, 0.1) is 0 Å². The van der Waals surface area contributed by atoms with Crippen LogP contribution >= 0.6 is 19.4 Å². The van der Waals surface area contributed by atoms with Gasteiger partial charge in [-0.15, -0.1) is 0 Å². The summed E-state index contributed by atoms with van der Waals surface area (Å²) in [6, 6.07) is 6.93. The predicted octanol–water partition coefficient (Wildman–Crippen LogP) is 1.99. The van der Waals surface area contributed by atoms with E-state index in [1.165, 1.54) is 0 Å². The first kappa shape index (κ1) is 16.6. The molecule has 0 amide bonds. The number of phosphoric acid groups is 1. The normalized spacial score (nSPS) is 26.9. The lowest BCUT2D eigenvalue weighted by atomic mass is 9.74. The van der Waals surface area contributed by atoms with Gasteiger partial charge in [0.1, 0.15) is 11.6 Å². The van der Waals surface area contributed by atoms with Crippen LogP contribution < -0.4 is 5.32 Å². The molecule has 3 N–H and O–H groups in total. The maximum atomic E-state index is 12.7. The molecule has 0 unspecified atom stereocenters. The summed E-state index contributed by atoms with van der Waals surface area (Å²) in [5.41, 5.74) is -0.491. The van der Waals surface area contributed by atoms with Gasteiger partial charge < -0.3 is 15.1 Å². The molecule has 0 bridgehead atoms. The quantitative estimate of drug-likeness (QED) is 0.729.